The third kappa shape index (κ3) is 13.6. The Kier molecular flexibility index (Phi) is 17.6. The highest BCUT2D eigenvalue weighted by atomic mass is 32.2. The van der Waals surface area contributed by atoms with Gasteiger partial charge in [-0.2, -0.15) is 11.8 Å². The van der Waals surface area contributed by atoms with Gasteiger partial charge in [-0.15, -0.1) is 0 Å². The summed E-state index contributed by atoms with van der Waals surface area (Å²) < 4.78 is 0. The average Bonchev–Trinajstić information content (AvgIpc) is 3.47. The van der Waals surface area contributed by atoms with Crippen LogP contribution in [0.25, 0.3) is 0 Å². The number of carbonyl (C=O) groups excluding carboxylic acids is 6. The molecule has 1 fully saturated rings. The van der Waals surface area contributed by atoms with Gasteiger partial charge >= 0.3 is 0 Å². The van der Waals surface area contributed by atoms with Crippen molar-refractivity contribution in [2.45, 2.75) is 95.4 Å². The highest BCUT2D eigenvalue weighted by molar-refractivity contribution is 7.98. The molecule has 1 saturated heterocycles. The quantitative estimate of drug-likeness (QED) is 0.0973. The molecule has 0 bridgehead atoms. The van der Waals surface area contributed by atoms with Gasteiger partial charge in [-0.3, -0.25) is 28.8 Å². The van der Waals surface area contributed by atoms with Crippen LogP contribution in [0.15, 0.2) is 60.7 Å². The minimum absolute atomic E-state index is 0.0471. The predicted molar refractivity (Wildman–Crippen MR) is 203 cm³/mol. The fraction of sp³-hybridized carbons (Fsp3) is 0.526. The van der Waals surface area contributed by atoms with Crippen molar-refractivity contribution < 1.29 is 28.8 Å². The third-order valence-corrected chi connectivity index (χ3v) is 9.55. The molecular weight excluding hydrogens is 683 g/mol. The van der Waals surface area contributed by atoms with E-state index in [1.165, 1.54) is 16.7 Å². The normalized spacial score (nSPS) is 16.4. The molecule has 5 atom stereocenters. The van der Waals surface area contributed by atoms with E-state index in [0.29, 0.717) is 38.0 Å². The summed E-state index contributed by atoms with van der Waals surface area (Å²) in [7, 11) is 0. The van der Waals surface area contributed by atoms with Gasteiger partial charge in [-0.05, 0) is 67.7 Å². The summed E-state index contributed by atoms with van der Waals surface area (Å²) in [6.07, 6.45) is 4.65. The molecular formula is C38H55N7O6S. The zero-order chi connectivity index (χ0) is 38.0. The molecule has 6 amide bonds. The van der Waals surface area contributed by atoms with E-state index < -0.39 is 59.7 Å². The van der Waals surface area contributed by atoms with Crippen LogP contribution in [0.4, 0.5) is 0 Å². The molecule has 0 spiro atoms. The van der Waals surface area contributed by atoms with Gasteiger partial charge in [0.05, 0.1) is 0 Å². The van der Waals surface area contributed by atoms with E-state index in [1.807, 2.05) is 80.8 Å². The second kappa shape index (κ2) is 21.8. The number of likely N-dealkylation sites (tertiary alicyclic amines) is 1. The molecule has 1 aliphatic rings. The molecule has 8 N–H and O–H groups in total. The predicted octanol–water partition coefficient (Wildman–Crippen LogP) is 1.43. The number of amides is 6. The van der Waals surface area contributed by atoms with Crippen molar-refractivity contribution in [3.8, 4) is 0 Å². The molecule has 284 valence electrons. The van der Waals surface area contributed by atoms with Crippen LogP contribution >= 0.6 is 11.8 Å². The van der Waals surface area contributed by atoms with Crippen LogP contribution in [-0.2, 0) is 41.6 Å². The van der Waals surface area contributed by atoms with Gasteiger partial charge in [-0.25, -0.2) is 0 Å². The maximum Gasteiger partial charge on any atom is 0.245 e. The van der Waals surface area contributed by atoms with Gasteiger partial charge < -0.3 is 37.6 Å². The number of hydrogen-bond acceptors (Lipinski definition) is 8. The molecule has 1 heterocycles. The maximum atomic E-state index is 13.9. The fourth-order valence-electron chi connectivity index (χ4n) is 6.12. The van der Waals surface area contributed by atoms with Gasteiger partial charge in [0.15, 0.2) is 0 Å². The molecule has 52 heavy (non-hydrogen) atoms. The Morgan fingerprint density at radius 2 is 1.40 bits per heavy atom. The minimum atomic E-state index is -1.08. The molecule has 14 heteroatoms. The maximum absolute atomic E-state index is 13.9. The van der Waals surface area contributed by atoms with Crippen LogP contribution in [0.3, 0.4) is 0 Å². The number of hydrogen-bond donors (Lipinski definition) is 6. The van der Waals surface area contributed by atoms with Gasteiger partial charge in [0.1, 0.15) is 30.2 Å². The molecule has 0 unspecified atom stereocenters. The zero-order valence-corrected chi connectivity index (χ0v) is 31.3. The Bertz CT molecular complexity index is 1480. The number of unbranched alkanes of at least 4 members (excludes halogenated alkanes) is 1. The lowest BCUT2D eigenvalue weighted by atomic mass is 10.0. The van der Waals surface area contributed by atoms with Crippen molar-refractivity contribution in [2.24, 2.45) is 17.4 Å². The van der Waals surface area contributed by atoms with Crippen LogP contribution in [0.1, 0.15) is 63.5 Å². The first kappa shape index (κ1) is 42.0. The Balaban J connectivity index is 1.79. The van der Waals surface area contributed by atoms with Gasteiger partial charge in [0.2, 0.25) is 35.4 Å². The van der Waals surface area contributed by atoms with E-state index >= 15 is 0 Å². The van der Waals surface area contributed by atoms with E-state index in [0.717, 1.165) is 11.1 Å². The van der Waals surface area contributed by atoms with Crippen LogP contribution < -0.4 is 32.7 Å². The van der Waals surface area contributed by atoms with E-state index in [9.17, 15) is 28.8 Å². The summed E-state index contributed by atoms with van der Waals surface area (Å²) in [4.78, 5) is 81.5. The largest absolute Gasteiger partial charge is 0.368 e. The van der Waals surface area contributed by atoms with Crippen LogP contribution in [-0.4, -0.2) is 95.7 Å². The molecule has 0 aromatic heterocycles. The van der Waals surface area contributed by atoms with Crippen molar-refractivity contribution >= 4 is 47.2 Å². The number of nitrogens with two attached hydrogens (primary N) is 2. The summed E-state index contributed by atoms with van der Waals surface area (Å²) >= 11 is 1.53. The van der Waals surface area contributed by atoms with Crippen molar-refractivity contribution in [2.75, 3.05) is 25.1 Å². The first-order chi connectivity index (χ1) is 24.9. The van der Waals surface area contributed by atoms with E-state index in [-0.39, 0.29) is 44.1 Å². The second-order valence-electron chi connectivity index (χ2n) is 13.6. The zero-order valence-electron chi connectivity index (χ0n) is 30.5. The number of nitrogens with one attached hydrogen (secondary N) is 4. The summed E-state index contributed by atoms with van der Waals surface area (Å²) in [5, 5.41) is 11.3. The van der Waals surface area contributed by atoms with Gasteiger partial charge in [0, 0.05) is 25.8 Å². The van der Waals surface area contributed by atoms with Gasteiger partial charge in [-0.1, -0.05) is 74.5 Å². The lowest BCUT2D eigenvalue weighted by molar-refractivity contribution is -0.141. The van der Waals surface area contributed by atoms with E-state index in [2.05, 4.69) is 21.3 Å². The van der Waals surface area contributed by atoms with Crippen molar-refractivity contribution in [1.82, 2.24) is 26.2 Å². The van der Waals surface area contributed by atoms with Gasteiger partial charge in [0.25, 0.3) is 0 Å². The number of primary amides is 1. The molecule has 0 saturated carbocycles. The van der Waals surface area contributed by atoms with Crippen LogP contribution in [0.5, 0.6) is 0 Å². The van der Waals surface area contributed by atoms with E-state index in [1.54, 1.807) is 0 Å². The number of thioether (sulfide) groups is 1. The lowest BCUT2D eigenvalue weighted by Crippen LogP contribution is -2.57. The fourth-order valence-corrected chi connectivity index (χ4v) is 6.59. The third-order valence-electron chi connectivity index (χ3n) is 8.91. The monoisotopic (exact) mass is 737 g/mol. The molecule has 0 aliphatic carbocycles. The van der Waals surface area contributed by atoms with Crippen LogP contribution in [0.2, 0.25) is 0 Å². The topological polar surface area (TPSA) is 206 Å². The van der Waals surface area contributed by atoms with E-state index in [4.69, 9.17) is 11.5 Å². The van der Waals surface area contributed by atoms with Crippen LogP contribution in [0, 0.1) is 5.92 Å². The second-order valence-corrected chi connectivity index (χ2v) is 14.6. The first-order valence-electron chi connectivity index (χ1n) is 18.0. The Labute approximate surface area is 311 Å². The Hall–Kier alpha value is -4.43. The molecule has 0 radical (unpaired) electrons. The SMILES string of the molecule is CSCC[C@H](NC(=O)[C@H](CC(C)C)N1CC[C@@H](NC(=O)[C@H](Cc2ccccc2)NC(=O)[C@H](Cc2ccccc2)NC(=O)CCCCN)C1=O)C(N)=O. The number of benzene rings is 2. The van der Waals surface area contributed by atoms with Crippen molar-refractivity contribution in [1.29, 1.82) is 0 Å². The molecule has 1 aliphatic heterocycles. The first-order valence-corrected chi connectivity index (χ1v) is 19.4. The standard InChI is InChI=1S/C38H55N7O6S/c1-25(2)22-32(37(50)42-28(34(40)47)18-21-52-3)45-20-17-29(38(45)51)43-36(49)31(24-27-14-8-5-9-15-27)44-35(48)30(23-26-12-6-4-7-13-26)41-33(46)16-10-11-19-39/h4-9,12-15,25,28-32H,10-11,16-24,39H2,1-3H3,(H2,40,47)(H,41,46)(H,42,50)(H,43,49)(H,44,48)/t28-,29+,30-,31-,32-/m0/s1. The molecule has 2 aromatic rings. The number of carbonyl (C=O) groups is 6. The molecule has 2 aromatic carbocycles. The summed E-state index contributed by atoms with van der Waals surface area (Å²) in [5.74, 6) is -2.27. The highest BCUT2D eigenvalue weighted by Crippen LogP contribution is 2.21. The lowest BCUT2D eigenvalue weighted by Gasteiger charge is -2.30. The summed E-state index contributed by atoms with van der Waals surface area (Å²) in [6, 6.07) is 13.7. The Morgan fingerprint density at radius 3 is 1.94 bits per heavy atom. The Morgan fingerprint density at radius 1 is 0.827 bits per heavy atom. The number of rotatable bonds is 22. The minimum Gasteiger partial charge on any atom is -0.368 e. The molecule has 3 rings (SSSR count). The van der Waals surface area contributed by atoms with Crippen molar-refractivity contribution in [3.63, 3.8) is 0 Å². The average molecular weight is 738 g/mol. The number of nitrogens with zero attached hydrogens (tertiary/aromatic N) is 1. The highest BCUT2D eigenvalue weighted by Gasteiger charge is 2.41. The summed E-state index contributed by atoms with van der Waals surface area (Å²) in [6.45, 7) is 4.54. The summed E-state index contributed by atoms with van der Waals surface area (Å²) in [5.41, 5.74) is 12.8. The van der Waals surface area contributed by atoms with Crippen molar-refractivity contribution in [3.05, 3.63) is 71.8 Å². The smallest absolute Gasteiger partial charge is 0.245 e. The molecule has 13 nitrogen and oxygen atoms in total.